The van der Waals surface area contributed by atoms with Gasteiger partial charge in [-0.15, -0.1) is 12.4 Å². The zero-order valence-corrected chi connectivity index (χ0v) is 14.4. The number of halogens is 2. The summed E-state index contributed by atoms with van der Waals surface area (Å²) in [5, 5.41) is 8.80. The number of hydrogen-bond donors (Lipinski definition) is 3. The first-order valence-electron chi connectivity index (χ1n) is 7.92. The first-order chi connectivity index (χ1) is 11.7. The van der Waals surface area contributed by atoms with Crippen molar-refractivity contribution in [2.24, 2.45) is 0 Å². The van der Waals surface area contributed by atoms with E-state index < -0.39 is 0 Å². The van der Waals surface area contributed by atoms with Gasteiger partial charge in [-0.3, -0.25) is 0 Å². The van der Waals surface area contributed by atoms with E-state index in [4.69, 9.17) is 4.74 Å². The van der Waals surface area contributed by atoms with E-state index in [9.17, 15) is 9.18 Å². The summed E-state index contributed by atoms with van der Waals surface area (Å²) in [5.41, 5.74) is 2.63. The van der Waals surface area contributed by atoms with Crippen molar-refractivity contribution < 1.29 is 13.9 Å². The average Bonchev–Trinajstić information content (AvgIpc) is 2.63. The maximum Gasteiger partial charge on any atom is 0.319 e. The number of nitrogens with one attached hydrogen (secondary N) is 3. The van der Waals surface area contributed by atoms with Gasteiger partial charge in [-0.2, -0.15) is 0 Å². The van der Waals surface area contributed by atoms with Gasteiger partial charge < -0.3 is 20.7 Å². The van der Waals surface area contributed by atoms with Crippen LogP contribution in [0.15, 0.2) is 48.5 Å². The third-order valence-corrected chi connectivity index (χ3v) is 3.83. The third-order valence-electron chi connectivity index (χ3n) is 3.83. The van der Waals surface area contributed by atoms with Gasteiger partial charge in [0.15, 0.2) is 0 Å². The first kappa shape index (κ1) is 19.2. The molecular formula is C18H21ClFN3O2. The molecule has 0 radical (unpaired) electrons. The van der Waals surface area contributed by atoms with Crippen LogP contribution in [0.4, 0.5) is 14.9 Å². The highest BCUT2D eigenvalue weighted by molar-refractivity contribution is 5.89. The van der Waals surface area contributed by atoms with Gasteiger partial charge in [0.2, 0.25) is 0 Å². The Bertz CT molecular complexity index is 674. The van der Waals surface area contributed by atoms with Crippen molar-refractivity contribution in [1.82, 2.24) is 10.6 Å². The van der Waals surface area contributed by atoms with Crippen LogP contribution in [0.3, 0.4) is 0 Å². The Labute approximate surface area is 152 Å². The molecule has 0 bridgehead atoms. The Kier molecular flexibility index (Phi) is 7.18. The Balaban J connectivity index is 0.00000225. The monoisotopic (exact) mass is 365 g/mol. The van der Waals surface area contributed by atoms with E-state index in [1.165, 1.54) is 12.1 Å². The molecule has 2 aromatic rings. The van der Waals surface area contributed by atoms with Gasteiger partial charge in [-0.1, -0.05) is 24.3 Å². The molecule has 0 unspecified atom stereocenters. The van der Waals surface area contributed by atoms with Gasteiger partial charge >= 0.3 is 6.03 Å². The van der Waals surface area contributed by atoms with E-state index in [1.807, 2.05) is 24.3 Å². The van der Waals surface area contributed by atoms with Crippen LogP contribution >= 0.6 is 12.4 Å². The van der Waals surface area contributed by atoms with Crippen LogP contribution in [-0.4, -0.2) is 25.7 Å². The molecule has 134 valence electrons. The molecule has 1 heterocycles. The van der Waals surface area contributed by atoms with Crippen LogP contribution in [0.25, 0.3) is 0 Å². The molecule has 0 spiro atoms. The number of rotatable bonds is 4. The fourth-order valence-electron chi connectivity index (χ4n) is 2.52. The van der Waals surface area contributed by atoms with Crippen molar-refractivity contribution in [3.05, 3.63) is 65.5 Å². The van der Waals surface area contributed by atoms with Crippen LogP contribution in [0, 0.1) is 5.82 Å². The Hall–Kier alpha value is -2.15. The van der Waals surface area contributed by atoms with Crippen LogP contribution in [0.5, 0.6) is 0 Å². The molecular weight excluding hydrogens is 345 g/mol. The summed E-state index contributed by atoms with van der Waals surface area (Å²) in [4.78, 5) is 11.9. The van der Waals surface area contributed by atoms with Gasteiger partial charge in [-0.05, 0) is 35.4 Å². The van der Waals surface area contributed by atoms with Gasteiger partial charge in [0.1, 0.15) is 5.82 Å². The lowest BCUT2D eigenvalue weighted by molar-refractivity contribution is 0.0277. The molecule has 2 aromatic carbocycles. The topological polar surface area (TPSA) is 62.4 Å². The highest BCUT2D eigenvalue weighted by Crippen LogP contribution is 2.20. The number of benzene rings is 2. The van der Waals surface area contributed by atoms with Crippen molar-refractivity contribution in [1.29, 1.82) is 0 Å². The maximum atomic E-state index is 12.8. The number of hydrogen-bond acceptors (Lipinski definition) is 3. The summed E-state index contributed by atoms with van der Waals surface area (Å²) in [6.07, 6.45) is 0.0557. The number of ether oxygens (including phenoxy) is 1. The second-order valence-electron chi connectivity index (χ2n) is 5.62. The minimum Gasteiger partial charge on any atom is -0.371 e. The van der Waals surface area contributed by atoms with Crippen LogP contribution in [0.1, 0.15) is 17.2 Å². The van der Waals surface area contributed by atoms with E-state index in [1.54, 1.807) is 12.1 Å². The maximum absolute atomic E-state index is 12.8. The van der Waals surface area contributed by atoms with Gasteiger partial charge in [0.25, 0.3) is 0 Å². The fourth-order valence-corrected chi connectivity index (χ4v) is 2.52. The van der Waals surface area contributed by atoms with Crippen molar-refractivity contribution in [3.63, 3.8) is 0 Å². The van der Waals surface area contributed by atoms with E-state index in [0.29, 0.717) is 18.8 Å². The summed E-state index contributed by atoms with van der Waals surface area (Å²) in [6, 6.07) is 13.3. The molecule has 3 rings (SSSR count). The highest BCUT2D eigenvalue weighted by atomic mass is 35.5. The predicted octanol–water partition coefficient (Wildman–Crippen LogP) is 3.23. The number of morpholine rings is 1. The fraction of sp³-hybridized carbons (Fsp3) is 0.278. The summed E-state index contributed by atoms with van der Waals surface area (Å²) in [5.74, 6) is -0.291. The minimum absolute atomic E-state index is 0. The van der Waals surface area contributed by atoms with Crippen LogP contribution in [-0.2, 0) is 11.3 Å². The Morgan fingerprint density at radius 3 is 2.52 bits per heavy atom. The van der Waals surface area contributed by atoms with Crippen molar-refractivity contribution in [2.45, 2.75) is 12.6 Å². The average molecular weight is 366 g/mol. The molecule has 1 saturated heterocycles. The molecule has 1 atom stereocenters. The lowest BCUT2D eigenvalue weighted by Crippen LogP contribution is -2.33. The highest BCUT2D eigenvalue weighted by Gasteiger charge is 2.15. The zero-order valence-electron chi connectivity index (χ0n) is 13.6. The number of urea groups is 1. The lowest BCUT2D eigenvalue weighted by Gasteiger charge is -2.24. The number of carbonyl (C=O) groups excluding carboxylic acids is 1. The normalized spacial score (nSPS) is 16.6. The van der Waals surface area contributed by atoms with Crippen molar-refractivity contribution in [2.75, 3.05) is 25.0 Å². The van der Waals surface area contributed by atoms with Crippen LogP contribution < -0.4 is 16.0 Å². The van der Waals surface area contributed by atoms with Crippen molar-refractivity contribution in [3.8, 4) is 0 Å². The minimum atomic E-state index is -0.303. The zero-order chi connectivity index (χ0) is 16.8. The van der Waals surface area contributed by atoms with Gasteiger partial charge in [0.05, 0.1) is 12.7 Å². The second kappa shape index (κ2) is 9.36. The molecule has 0 aromatic heterocycles. The number of amides is 2. The first-order valence-corrected chi connectivity index (χ1v) is 7.92. The molecule has 0 saturated carbocycles. The molecule has 1 fully saturated rings. The number of carbonyl (C=O) groups is 1. The SMILES string of the molecule is Cl.O=C(NCc1ccc(F)cc1)Nc1ccc([C@H]2CNCCO2)cc1. The summed E-state index contributed by atoms with van der Waals surface area (Å²) in [6.45, 7) is 2.72. The van der Waals surface area contributed by atoms with E-state index in [0.717, 1.165) is 24.2 Å². The van der Waals surface area contributed by atoms with E-state index in [-0.39, 0.29) is 30.4 Å². The summed E-state index contributed by atoms with van der Waals surface area (Å²) in [7, 11) is 0. The molecule has 2 amide bonds. The lowest BCUT2D eigenvalue weighted by atomic mass is 10.1. The molecule has 3 N–H and O–H groups in total. The van der Waals surface area contributed by atoms with Crippen LogP contribution in [0.2, 0.25) is 0 Å². The molecule has 0 aliphatic carbocycles. The molecule has 25 heavy (non-hydrogen) atoms. The predicted molar refractivity (Wildman–Crippen MR) is 97.5 cm³/mol. The molecule has 5 nitrogen and oxygen atoms in total. The standard InChI is InChI=1S/C18H20FN3O2.ClH/c19-15-5-1-13(2-6-15)11-21-18(23)22-16-7-3-14(4-8-16)17-12-20-9-10-24-17;/h1-8,17,20H,9-12H2,(H2,21,22,23);1H/t17-;/m1./s1. The van der Waals surface area contributed by atoms with Gasteiger partial charge in [-0.25, -0.2) is 9.18 Å². The van der Waals surface area contributed by atoms with Gasteiger partial charge in [0, 0.05) is 25.3 Å². The molecule has 7 heteroatoms. The summed E-state index contributed by atoms with van der Waals surface area (Å²) < 4.78 is 18.5. The largest absolute Gasteiger partial charge is 0.371 e. The number of anilines is 1. The Morgan fingerprint density at radius 2 is 1.88 bits per heavy atom. The van der Waals surface area contributed by atoms with E-state index in [2.05, 4.69) is 16.0 Å². The van der Waals surface area contributed by atoms with Crippen molar-refractivity contribution >= 4 is 24.1 Å². The third kappa shape index (κ3) is 5.70. The molecule has 1 aliphatic heterocycles. The second-order valence-corrected chi connectivity index (χ2v) is 5.62. The smallest absolute Gasteiger partial charge is 0.319 e. The molecule has 1 aliphatic rings. The summed E-state index contributed by atoms with van der Waals surface area (Å²) >= 11 is 0. The Morgan fingerprint density at radius 1 is 1.16 bits per heavy atom. The quantitative estimate of drug-likeness (QED) is 0.779. The van der Waals surface area contributed by atoms with E-state index >= 15 is 0 Å².